The van der Waals surface area contributed by atoms with Crippen LogP contribution in [0.4, 0.5) is 17.1 Å². The van der Waals surface area contributed by atoms with E-state index >= 15 is 0 Å². The fraction of sp³-hybridized carbons (Fsp3) is 0.105. The summed E-state index contributed by atoms with van der Waals surface area (Å²) in [5, 5.41) is 20.3. The lowest BCUT2D eigenvalue weighted by molar-refractivity contribution is -0.135. The number of nitrogens with zero attached hydrogens (tertiary/aromatic N) is 2. The van der Waals surface area contributed by atoms with Crippen LogP contribution >= 0.6 is 11.6 Å². The first kappa shape index (κ1) is 18.5. The molecule has 2 aromatic carbocycles. The van der Waals surface area contributed by atoms with Gasteiger partial charge >= 0.3 is 5.97 Å². The van der Waals surface area contributed by atoms with Gasteiger partial charge in [0, 0.05) is 24.0 Å². The summed E-state index contributed by atoms with van der Waals surface area (Å²) in [5.74, 6) is -1.58. The molecule has 8 heteroatoms. The molecule has 27 heavy (non-hydrogen) atoms. The van der Waals surface area contributed by atoms with Crippen molar-refractivity contribution in [2.24, 2.45) is 0 Å². The number of fused-ring (bicyclic) bond motifs is 1. The molecular weight excluding hydrogens is 368 g/mol. The highest BCUT2D eigenvalue weighted by molar-refractivity contribution is 6.34. The maximum atomic E-state index is 13.3. The average Bonchev–Trinajstić information content (AvgIpc) is 2.71. The van der Waals surface area contributed by atoms with Crippen LogP contribution < -0.4 is 15.1 Å². The van der Waals surface area contributed by atoms with Crippen molar-refractivity contribution in [3.63, 3.8) is 0 Å². The van der Waals surface area contributed by atoms with Crippen molar-refractivity contribution in [2.45, 2.75) is 0 Å². The molecule has 3 N–H and O–H groups in total. The number of hydrogen-bond acceptors (Lipinski definition) is 4. The summed E-state index contributed by atoms with van der Waals surface area (Å²) >= 11 is 6.17. The number of carbonyl (C=O) groups is 2. The van der Waals surface area contributed by atoms with E-state index in [9.17, 15) is 9.59 Å². The molecule has 0 unspecified atom stereocenters. The number of carboxylic acids is 1. The Labute approximate surface area is 161 Å². The van der Waals surface area contributed by atoms with E-state index in [1.54, 1.807) is 54.4 Å². The van der Waals surface area contributed by atoms with E-state index in [0.717, 1.165) is 0 Å². The van der Waals surface area contributed by atoms with E-state index in [2.05, 4.69) is 5.32 Å². The summed E-state index contributed by atoms with van der Waals surface area (Å²) in [6.07, 6.45) is 1.26. The van der Waals surface area contributed by atoms with E-state index in [0.29, 0.717) is 22.1 Å². The number of halogens is 1. The molecule has 0 aliphatic carbocycles. The summed E-state index contributed by atoms with van der Waals surface area (Å²) in [7, 11) is 1.67. The number of amides is 1. The fourth-order valence-electron chi connectivity index (χ4n) is 2.80. The maximum Gasteiger partial charge on any atom is 0.322 e. The van der Waals surface area contributed by atoms with Crippen LogP contribution in [0.3, 0.4) is 0 Å². The fourth-order valence-corrected chi connectivity index (χ4v) is 2.96. The number of benzene rings is 2. The topological polar surface area (TPSA) is 96.7 Å². The lowest BCUT2D eigenvalue weighted by Gasteiger charge is -2.24. The van der Waals surface area contributed by atoms with E-state index in [4.69, 9.17) is 22.1 Å². The van der Waals surface area contributed by atoms with Crippen molar-refractivity contribution >= 4 is 46.4 Å². The van der Waals surface area contributed by atoms with E-state index in [1.807, 2.05) is 6.07 Å². The minimum Gasteiger partial charge on any atom is -0.480 e. The molecule has 0 saturated carbocycles. The van der Waals surface area contributed by atoms with Gasteiger partial charge in [-0.25, -0.2) is 0 Å². The molecule has 0 spiro atoms. The Hall–Kier alpha value is -3.32. The van der Waals surface area contributed by atoms with E-state index in [1.165, 1.54) is 11.1 Å². The second-order valence-electron chi connectivity index (χ2n) is 5.85. The summed E-state index contributed by atoms with van der Waals surface area (Å²) in [4.78, 5) is 27.1. The Morgan fingerprint density at radius 2 is 1.93 bits per heavy atom. The average molecular weight is 385 g/mol. The largest absolute Gasteiger partial charge is 0.480 e. The van der Waals surface area contributed by atoms with Gasteiger partial charge in [0.05, 0.1) is 16.9 Å². The summed E-state index contributed by atoms with van der Waals surface area (Å²) < 4.78 is 0. The predicted molar refractivity (Wildman–Crippen MR) is 105 cm³/mol. The Balaban J connectivity index is 2.18. The monoisotopic (exact) mass is 384 g/mol. The van der Waals surface area contributed by atoms with Gasteiger partial charge in [0.1, 0.15) is 12.4 Å². The third-order valence-electron chi connectivity index (χ3n) is 4.08. The van der Waals surface area contributed by atoms with Crippen molar-refractivity contribution in [3.05, 3.63) is 65.3 Å². The van der Waals surface area contributed by atoms with E-state index < -0.39 is 11.9 Å². The minimum atomic E-state index is -1.07. The molecule has 1 aliphatic heterocycles. The van der Waals surface area contributed by atoms with Crippen LogP contribution in [0, 0.1) is 5.41 Å². The molecule has 0 atom stereocenters. The molecule has 0 aromatic heterocycles. The number of amidine groups is 1. The predicted octanol–water partition coefficient (Wildman–Crippen LogP) is 2.99. The number of nitrogens with one attached hydrogen (secondary N) is 2. The van der Waals surface area contributed by atoms with Crippen LogP contribution in [-0.4, -0.2) is 36.4 Å². The molecule has 7 nitrogen and oxygen atoms in total. The number of para-hydroxylation sites is 1. The summed E-state index contributed by atoms with van der Waals surface area (Å²) in [6, 6.07) is 14.1. The number of anilines is 3. The van der Waals surface area contributed by atoms with Crippen LogP contribution in [0.2, 0.25) is 5.02 Å². The molecular formula is C19H17ClN4O3. The molecule has 1 heterocycles. The molecule has 2 aromatic rings. The zero-order valence-corrected chi connectivity index (χ0v) is 15.2. The first-order valence-corrected chi connectivity index (χ1v) is 8.45. The van der Waals surface area contributed by atoms with Crippen LogP contribution in [0.1, 0.15) is 0 Å². The van der Waals surface area contributed by atoms with Gasteiger partial charge in [-0.15, -0.1) is 0 Å². The zero-order valence-electron chi connectivity index (χ0n) is 14.4. The van der Waals surface area contributed by atoms with Crippen molar-refractivity contribution in [1.82, 2.24) is 5.32 Å². The quantitative estimate of drug-likeness (QED) is 0.704. The first-order valence-electron chi connectivity index (χ1n) is 8.07. The van der Waals surface area contributed by atoms with Crippen molar-refractivity contribution in [3.8, 4) is 0 Å². The Morgan fingerprint density at radius 3 is 2.59 bits per heavy atom. The van der Waals surface area contributed by atoms with Crippen molar-refractivity contribution in [2.75, 3.05) is 23.4 Å². The van der Waals surface area contributed by atoms with Crippen LogP contribution in [-0.2, 0) is 9.59 Å². The smallest absolute Gasteiger partial charge is 0.322 e. The summed E-state index contributed by atoms with van der Waals surface area (Å²) in [5.41, 5.74) is 1.81. The lowest BCUT2D eigenvalue weighted by Crippen LogP contribution is -2.33. The molecule has 0 fully saturated rings. The number of carboxylic acid groups (broad SMARTS) is 1. The Morgan fingerprint density at radius 1 is 1.22 bits per heavy atom. The molecule has 0 radical (unpaired) electrons. The first-order chi connectivity index (χ1) is 12.9. The number of hydrogen-bond donors (Lipinski definition) is 3. The third kappa shape index (κ3) is 3.63. The Kier molecular flexibility index (Phi) is 5.14. The molecule has 0 saturated heterocycles. The second kappa shape index (κ2) is 7.51. The van der Waals surface area contributed by atoms with Gasteiger partial charge in [0.2, 0.25) is 0 Å². The molecule has 0 bridgehead atoms. The number of carbonyl (C=O) groups excluding carboxylic acids is 1. The molecule has 138 valence electrons. The highest BCUT2D eigenvalue weighted by Gasteiger charge is 2.33. The number of likely N-dealkylation sites (N-methyl/N-ethyl adjacent to an activating group) is 1. The normalized spacial score (nSPS) is 15.6. The van der Waals surface area contributed by atoms with Crippen molar-refractivity contribution < 1.29 is 14.7 Å². The number of rotatable bonds is 4. The minimum absolute atomic E-state index is 0.0370. The second-order valence-corrected chi connectivity index (χ2v) is 6.29. The highest BCUT2D eigenvalue weighted by Crippen LogP contribution is 2.40. The molecule has 3 rings (SSSR count). The van der Waals surface area contributed by atoms with Gasteiger partial charge in [0.15, 0.2) is 0 Å². The summed E-state index contributed by atoms with van der Waals surface area (Å²) in [6.45, 7) is -0.363. The van der Waals surface area contributed by atoms with Crippen LogP contribution in [0.15, 0.2) is 60.3 Å². The van der Waals surface area contributed by atoms with Gasteiger partial charge in [-0.1, -0.05) is 29.8 Å². The van der Waals surface area contributed by atoms with Gasteiger partial charge in [-0.05, 0) is 30.3 Å². The van der Waals surface area contributed by atoms with E-state index in [-0.39, 0.29) is 18.0 Å². The van der Waals surface area contributed by atoms with Gasteiger partial charge in [-0.2, -0.15) is 0 Å². The van der Waals surface area contributed by atoms with Gasteiger partial charge < -0.3 is 15.3 Å². The van der Waals surface area contributed by atoms with Crippen LogP contribution in [0.5, 0.6) is 0 Å². The SMILES string of the molecule is CN1C(=N)/C(=C\NCC(=O)O)C(=O)N(c2ccccc2)c2cc(Cl)ccc21. The maximum absolute atomic E-state index is 13.3. The zero-order chi connectivity index (χ0) is 19.6. The van der Waals surface area contributed by atoms with Crippen LogP contribution in [0.25, 0.3) is 0 Å². The molecule has 1 aliphatic rings. The van der Waals surface area contributed by atoms with Gasteiger partial charge in [-0.3, -0.25) is 19.9 Å². The van der Waals surface area contributed by atoms with Crippen molar-refractivity contribution in [1.29, 1.82) is 5.41 Å². The lowest BCUT2D eigenvalue weighted by atomic mass is 10.2. The number of aliphatic carboxylic acids is 1. The highest BCUT2D eigenvalue weighted by atomic mass is 35.5. The molecule has 1 amide bonds. The standard InChI is InChI=1S/C19H17ClN4O3/c1-23-15-8-7-12(20)9-16(15)24(13-5-3-2-4-6-13)19(27)14(18(23)21)10-22-11-17(25)26/h2-10,21-22H,11H2,1H3,(H,25,26)/b14-10+,21-18?. The third-order valence-corrected chi connectivity index (χ3v) is 4.31. The van der Waals surface area contributed by atoms with Gasteiger partial charge in [0.25, 0.3) is 5.91 Å². The Bertz CT molecular complexity index is 943.